The lowest BCUT2D eigenvalue weighted by atomic mass is 9.78. The third-order valence-electron chi connectivity index (χ3n) is 6.17. The number of anilines is 1. The van der Waals surface area contributed by atoms with Crippen LogP contribution in [0.1, 0.15) is 45.9 Å². The number of hydrazone groups is 1. The predicted molar refractivity (Wildman–Crippen MR) is 149 cm³/mol. The summed E-state index contributed by atoms with van der Waals surface area (Å²) in [6, 6.07) is 10.3. The van der Waals surface area contributed by atoms with Crippen molar-refractivity contribution in [1.82, 2.24) is 10.3 Å². The molecule has 10 nitrogen and oxygen atoms in total. The molecule has 0 bridgehead atoms. The van der Waals surface area contributed by atoms with E-state index in [-0.39, 0.29) is 33.5 Å². The number of nitrogens with zero attached hydrogens (tertiary/aromatic N) is 2. The van der Waals surface area contributed by atoms with Gasteiger partial charge in [-0.15, -0.1) is 0 Å². The lowest BCUT2D eigenvalue weighted by Crippen LogP contribution is -2.39. The van der Waals surface area contributed by atoms with Crippen molar-refractivity contribution in [3.63, 3.8) is 0 Å². The molecule has 0 aliphatic carbocycles. The number of carbonyl (C=O) groups is 2. The fourth-order valence-corrected chi connectivity index (χ4v) is 4.86. The molecular formula is C27H27Cl2N5O5. The number of H-pyrrole nitrogens is 1. The van der Waals surface area contributed by atoms with Crippen molar-refractivity contribution in [3.05, 3.63) is 51.6 Å². The van der Waals surface area contributed by atoms with Crippen molar-refractivity contribution >= 4 is 57.5 Å². The molecule has 3 N–H and O–H groups in total. The van der Waals surface area contributed by atoms with Gasteiger partial charge in [-0.2, -0.15) is 10.4 Å². The van der Waals surface area contributed by atoms with E-state index in [0.717, 1.165) is 16.6 Å². The highest BCUT2D eigenvalue weighted by Crippen LogP contribution is 2.46. The zero-order valence-corrected chi connectivity index (χ0v) is 23.5. The summed E-state index contributed by atoms with van der Waals surface area (Å²) in [5.41, 5.74) is 4.74. The van der Waals surface area contributed by atoms with E-state index in [1.165, 1.54) is 17.7 Å². The van der Waals surface area contributed by atoms with Gasteiger partial charge in [-0.3, -0.25) is 15.5 Å². The fraction of sp³-hybridized carbons (Fsp3) is 0.333. The topological polar surface area (TPSA) is 138 Å². The minimum absolute atomic E-state index is 0.0637. The number of halogens is 2. The standard InChI is InChI=1S/C27H27Cl2N5O5/c1-6-37-25(36)32-24(35)20(12-30)34-33-14-9-17(28)22(18(29)10-14)39-15-7-8-19-16(11-15)21-23(31-19)27(4,5)38-13-26(21,2)3/h7-11,31,33H,6,13H2,1-5H3,(H,32,35,36)/b34-20+. The average molecular weight is 572 g/mol. The number of rotatable bonds is 6. The number of amides is 2. The summed E-state index contributed by atoms with van der Waals surface area (Å²) < 4.78 is 16.8. The van der Waals surface area contributed by atoms with Gasteiger partial charge >= 0.3 is 6.09 Å². The van der Waals surface area contributed by atoms with Crippen molar-refractivity contribution in [3.8, 4) is 17.6 Å². The minimum atomic E-state index is -1.03. The molecule has 0 saturated heterocycles. The number of benzene rings is 2. The van der Waals surface area contributed by atoms with Gasteiger partial charge in [0.25, 0.3) is 5.91 Å². The Labute approximate surface area is 235 Å². The highest BCUT2D eigenvalue weighted by Gasteiger charge is 2.41. The molecule has 1 aromatic heterocycles. The number of nitrogens with one attached hydrogen (secondary N) is 3. The van der Waals surface area contributed by atoms with Crippen LogP contribution in [0.2, 0.25) is 10.0 Å². The molecule has 2 amide bonds. The number of imide groups is 1. The lowest BCUT2D eigenvalue weighted by molar-refractivity contribution is -0.114. The van der Waals surface area contributed by atoms with E-state index in [1.54, 1.807) is 13.0 Å². The van der Waals surface area contributed by atoms with Crippen LogP contribution in [0.3, 0.4) is 0 Å². The molecule has 2 heterocycles. The number of alkyl carbamates (subject to hydrolysis) is 1. The molecule has 3 aromatic rings. The number of nitriles is 1. The number of aromatic nitrogens is 1. The van der Waals surface area contributed by atoms with Crippen molar-refractivity contribution < 1.29 is 23.8 Å². The van der Waals surface area contributed by atoms with E-state index in [9.17, 15) is 14.9 Å². The van der Waals surface area contributed by atoms with Gasteiger partial charge in [-0.25, -0.2) is 4.79 Å². The third-order valence-corrected chi connectivity index (χ3v) is 6.73. The molecule has 1 aliphatic heterocycles. The van der Waals surface area contributed by atoms with Gasteiger partial charge in [0.1, 0.15) is 17.4 Å². The predicted octanol–water partition coefficient (Wildman–Crippen LogP) is 6.37. The van der Waals surface area contributed by atoms with Crippen molar-refractivity contribution in [2.75, 3.05) is 18.6 Å². The van der Waals surface area contributed by atoms with E-state index in [4.69, 9.17) is 32.7 Å². The van der Waals surface area contributed by atoms with E-state index >= 15 is 0 Å². The quantitative estimate of drug-likeness (QED) is 0.230. The smallest absolute Gasteiger partial charge is 0.414 e. The summed E-state index contributed by atoms with van der Waals surface area (Å²) >= 11 is 12.9. The summed E-state index contributed by atoms with van der Waals surface area (Å²) in [7, 11) is 0. The molecule has 2 aromatic carbocycles. The number of hydrogen-bond acceptors (Lipinski definition) is 8. The van der Waals surface area contributed by atoms with Crippen molar-refractivity contribution in [1.29, 1.82) is 5.26 Å². The van der Waals surface area contributed by atoms with Crippen LogP contribution in [0.15, 0.2) is 35.4 Å². The van der Waals surface area contributed by atoms with Crippen molar-refractivity contribution in [2.45, 2.75) is 45.6 Å². The van der Waals surface area contributed by atoms with Gasteiger partial charge in [0, 0.05) is 16.3 Å². The molecule has 0 saturated carbocycles. The summed E-state index contributed by atoms with van der Waals surface area (Å²) in [4.78, 5) is 26.9. The van der Waals surface area contributed by atoms with Gasteiger partial charge in [0.2, 0.25) is 5.71 Å². The second-order valence-corrected chi connectivity index (χ2v) is 10.8. The molecule has 0 atom stereocenters. The molecule has 4 rings (SSSR count). The molecule has 0 unspecified atom stereocenters. The number of hydrogen-bond donors (Lipinski definition) is 3. The van der Waals surface area contributed by atoms with Crippen LogP contribution in [0, 0.1) is 11.3 Å². The Bertz CT molecular complexity index is 1510. The van der Waals surface area contributed by atoms with Crippen LogP contribution < -0.4 is 15.5 Å². The number of fused-ring (bicyclic) bond motifs is 3. The minimum Gasteiger partial charge on any atom is -0.454 e. The first-order valence-electron chi connectivity index (χ1n) is 12.1. The lowest BCUT2D eigenvalue weighted by Gasteiger charge is -2.39. The van der Waals surface area contributed by atoms with Gasteiger partial charge in [0.05, 0.1) is 34.6 Å². The van der Waals surface area contributed by atoms with Gasteiger partial charge < -0.3 is 19.2 Å². The van der Waals surface area contributed by atoms with Crippen LogP contribution in [0.25, 0.3) is 10.9 Å². The molecule has 204 valence electrons. The number of ether oxygens (including phenoxy) is 3. The first kappa shape index (κ1) is 28.2. The zero-order chi connectivity index (χ0) is 28.5. The summed E-state index contributed by atoms with van der Waals surface area (Å²) in [6.45, 7) is 10.6. The molecular weight excluding hydrogens is 545 g/mol. The van der Waals surface area contributed by atoms with Gasteiger partial charge in [-0.1, -0.05) is 37.0 Å². The molecule has 0 radical (unpaired) electrons. The Balaban J connectivity index is 1.58. The second kappa shape index (κ2) is 10.8. The first-order chi connectivity index (χ1) is 18.4. The van der Waals surface area contributed by atoms with Crippen LogP contribution in [-0.2, 0) is 25.3 Å². The fourth-order valence-electron chi connectivity index (χ4n) is 4.30. The Kier molecular flexibility index (Phi) is 7.80. The second-order valence-electron chi connectivity index (χ2n) is 9.99. The Morgan fingerprint density at radius 3 is 2.51 bits per heavy atom. The summed E-state index contributed by atoms with van der Waals surface area (Å²) in [5.74, 6) is -0.268. The van der Waals surface area contributed by atoms with Gasteiger partial charge in [0.15, 0.2) is 5.75 Å². The molecule has 0 spiro atoms. The van der Waals surface area contributed by atoms with Crippen molar-refractivity contribution in [2.24, 2.45) is 5.10 Å². The summed E-state index contributed by atoms with van der Waals surface area (Å²) in [6.07, 6.45) is -0.989. The molecule has 0 fully saturated rings. The Hall–Kier alpha value is -3.78. The van der Waals surface area contributed by atoms with Crippen LogP contribution >= 0.6 is 23.2 Å². The van der Waals surface area contributed by atoms with E-state index in [2.05, 4.69) is 34.1 Å². The maximum Gasteiger partial charge on any atom is 0.414 e. The van der Waals surface area contributed by atoms with Gasteiger partial charge in [-0.05, 0) is 56.7 Å². The maximum absolute atomic E-state index is 12.0. The Morgan fingerprint density at radius 2 is 1.87 bits per heavy atom. The van der Waals surface area contributed by atoms with Crippen LogP contribution in [0.4, 0.5) is 10.5 Å². The monoisotopic (exact) mass is 571 g/mol. The Morgan fingerprint density at radius 1 is 1.18 bits per heavy atom. The molecule has 1 aliphatic rings. The van der Waals surface area contributed by atoms with Crippen LogP contribution in [-0.4, -0.2) is 35.9 Å². The molecule has 39 heavy (non-hydrogen) atoms. The molecule has 12 heteroatoms. The SMILES string of the molecule is CCOC(=O)NC(=O)/C(C#N)=N/Nc1cc(Cl)c(Oc2ccc3[nH]c4c(c3c2)C(C)(C)COC4(C)C)c(Cl)c1. The largest absolute Gasteiger partial charge is 0.454 e. The summed E-state index contributed by atoms with van der Waals surface area (Å²) in [5, 5.41) is 16.2. The highest BCUT2D eigenvalue weighted by molar-refractivity contribution is 6.47. The normalized spacial score (nSPS) is 15.7. The third kappa shape index (κ3) is 5.81. The number of carbonyl (C=O) groups excluding carboxylic acids is 2. The average Bonchev–Trinajstić information content (AvgIpc) is 3.26. The van der Waals surface area contributed by atoms with E-state index < -0.39 is 23.3 Å². The maximum atomic E-state index is 12.0. The van der Waals surface area contributed by atoms with E-state index in [1.807, 2.05) is 37.4 Å². The van der Waals surface area contributed by atoms with Crippen LogP contribution in [0.5, 0.6) is 11.5 Å². The first-order valence-corrected chi connectivity index (χ1v) is 12.8. The zero-order valence-electron chi connectivity index (χ0n) is 22.0. The highest BCUT2D eigenvalue weighted by atomic mass is 35.5. The van der Waals surface area contributed by atoms with E-state index in [0.29, 0.717) is 12.4 Å². The number of aromatic amines is 1.